The molecule has 0 aliphatic carbocycles. The lowest BCUT2D eigenvalue weighted by atomic mass is 10.1. The Bertz CT molecular complexity index is 386. The van der Waals surface area contributed by atoms with Gasteiger partial charge in [0.05, 0.1) is 20.3 Å². The number of methoxy groups -OCH3 is 2. The van der Waals surface area contributed by atoms with Crippen LogP contribution in [0.2, 0.25) is 0 Å². The van der Waals surface area contributed by atoms with Crippen LogP contribution in [0.1, 0.15) is 18.6 Å². The summed E-state index contributed by atoms with van der Waals surface area (Å²) in [6.45, 7) is 1.48. The first-order chi connectivity index (χ1) is 8.08. The first-order valence-electron chi connectivity index (χ1n) is 5.14. The van der Waals surface area contributed by atoms with E-state index in [-0.39, 0.29) is 6.61 Å². The summed E-state index contributed by atoms with van der Waals surface area (Å²) in [5.74, 6) is 0.432. The van der Waals surface area contributed by atoms with Crippen molar-refractivity contribution in [3.8, 4) is 11.5 Å². The lowest BCUT2D eigenvalue weighted by Gasteiger charge is -2.12. The summed E-state index contributed by atoms with van der Waals surface area (Å²) in [4.78, 5) is 10.9. The van der Waals surface area contributed by atoms with Gasteiger partial charge in [0.15, 0.2) is 18.1 Å². The van der Waals surface area contributed by atoms with Gasteiger partial charge in [0.1, 0.15) is 0 Å². The van der Waals surface area contributed by atoms with E-state index in [0.29, 0.717) is 17.1 Å². The highest BCUT2D eigenvalue weighted by molar-refractivity contribution is 5.71. The predicted octanol–water partition coefficient (Wildman–Crippen LogP) is 1.30. The zero-order valence-corrected chi connectivity index (χ0v) is 10.1. The van der Waals surface area contributed by atoms with Crippen LogP contribution >= 0.6 is 0 Å². The maximum absolute atomic E-state index is 10.9. The quantitative estimate of drug-likeness (QED) is 0.786. The van der Waals surface area contributed by atoms with E-state index in [4.69, 9.17) is 9.47 Å². The Labute approximate surface area is 99.9 Å². The molecule has 17 heavy (non-hydrogen) atoms. The average Bonchev–Trinajstić information content (AvgIpc) is 2.35. The van der Waals surface area contributed by atoms with Crippen molar-refractivity contribution in [3.63, 3.8) is 0 Å². The van der Waals surface area contributed by atoms with E-state index in [9.17, 15) is 9.90 Å². The Morgan fingerprint density at radius 1 is 1.35 bits per heavy atom. The number of carbonyl (C=O) groups excluding carboxylic acids is 1. The first-order valence-corrected chi connectivity index (χ1v) is 5.14. The van der Waals surface area contributed by atoms with Crippen molar-refractivity contribution in [1.82, 2.24) is 0 Å². The van der Waals surface area contributed by atoms with Crippen molar-refractivity contribution >= 4 is 5.97 Å². The fraction of sp³-hybridized carbons (Fsp3) is 0.417. The van der Waals surface area contributed by atoms with Crippen LogP contribution in [0.25, 0.3) is 0 Å². The summed E-state index contributed by atoms with van der Waals surface area (Å²) in [5, 5.41) is 9.42. The Morgan fingerprint density at radius 2 is 2.06 bits per heavy atom. The summed E-state index contributed by atoms with van der Waals surface area (Å²) in [7, 11) is 2.78. The second kappa shape index (κ2) is 6.10. The highest BCUT2D eigenvalue weighted by Crippen LogP contribution is 2.30. The third-order valence-electron chi connectivity index (χ3n) is 2.24. The van der Waals surface area contributed by atoms with Gasteiger partial charge >= 0.3 is 5.97 Å². The molecular formula is C12H16O5. The van der Waals surface area contributed by atoms with Crippen molar-refractivity contribution in [1.29, 1.82) is 0 Å². The fourth-order valence-corrected chi connectivity index (χ4v) is 1.26. The van der Waals surface area contributed by atoms with Gasteiger partial charge in [-0.25, -0.2) is 4.79 Å². The Morgan fingerprint density at radius 3 is 2.59 bits per heavy atom. The van der Waals surface area contributed by atoms with Gasteiger partial charge in [-0.3, -0.25) is 0 Å². The van der Waals surface area contributed by atoms with Gasteiger partial charge in [-0.2, -0.15) is 0 Å². The maximum atomic E-state index is 10.9. The number of hydrogen-bond donors (Lipinski definition) is 1. The second-order valence-corrected chi connectivity index (χ2v) is 3.45. The Balaban J connectivity index is 2.81. The van der Waals surface area contributed by atoms with Crippen LogP contribution < -0.4 is 9.47 Å². The minimum absolute atomic E-state index is 0.180. The van der Waals surface area contributed by atoms with Crippen molar-refractivity contribution < 1.29 is 24.1 Å². The average molecular weight is 240 g/mol. The van der Waals surface area contributed by atoms with Gasteiger partial charge in [0, 0.05) is 0 Å². The zero-order valence-electron chi connectivity index (χ0n) is 10.1. The van der Waals surface area contributed by atoms with Crippen molar-refractivity contribution in [2.24, 2.45) is 0 Å². The molecule has 0 spiro atoms. The molecule has 1 aromatic rings. The summed E-state index contributed by atoms with van der Waals surface area (Å²) < 4.78 is 14.8. The molecule has 0 aliphatic heterocycles. The number of rotatable bonds is 5. The molecule has 1 atom stereocenters. The molecule has 5 nitrogen and oxygen atoms in total. The third-order valence-corrected chi connectivity index (χ3v) is 2.24. The van der Waals surface area contributed by atoms with E-state index in [0.717, 1.165) is 0 Å². The number of benzene rings is 1. The normalized spacial score (nSPS) is 11.8. The van der Waals surface area contributed by atoms with E-state index in [1.165, 1.54) is 14.2 Å². The lowest BCUT2D eigenvalue weighted by molar-refractivity contribution is -0.142. The van der Waals surface area contributed by atoms with E-state index in [2.05, 4.69) is 4.74 Å². The molecule has 5 heteroatoms. The maximum Gasteiger partial charge on any atom is 0.343 e. The monoisotopic (exact) mass is 240 g/mol. The van der Waals surface area contributed by atoms with E-state index in [1.54, 1.807) is 25.1 Å². The molecule has 1 N–H and O–H groups in total. The number of hydrogen-bond acceptors (Lipinski definition) is 5. The first kappa shape index (κ1) is 13.3. The highest BCUT2D eigenvalue weighted by atomic mass is 16.6. The molecular weight excluding hydrogens is 224 g/mol. The number of esters is 1. The Kier molecular flexibility index (Phi) is 4.78. The minimum atomic E-state index is -0.585. The smallest absolute Gasteiger partial charge is 0.343 e. The summed E-state index contributed by atoms with van der Waals surface area (Å²) in [6.07, 6.45) is -0.585. The van der Waals surface area contributed by atoms with E-state index in [1.807, 2.05) is 0 Å². The molecule has 0 amide bonds. The molecule has 1 rings (SSSR count). The molecule has 0 saturated carbocycles. The number of aliphatic hydroxyl groups is 1. The SMILES string of the molecule is COC(=O)COc1ccc([C@H](C)O)cc1OC. The van der Waals surface area contributed by atoms with Gasteiger partial charge in [0.2, 0.25) is 0 Å². The Hall–Kier alpha value is -1.75. The molecule has 0 saturated heterocycles. The lowest BCUT2D eigenvalue weighted by Crippen LogP contribution is -2.13. The van der Waals surface area contributed by atoms with Crippen LogP contribution in [-0.2, 0) is 9.53 Å². The molecule has 0 unspecified atom stereocenters. The number of carbonyl (C=O) groups is 1. The fourth-order valence-electron chi connectivity index (χ4n) is 1.26. The molecule has 0 radical (unpaired) electrons. The summed E-state index contributed by atoms with van der Waals surface area (Å²) in [6, 6.07) is 5.01. The van der Waals surface area contributed by atoms with Gasteiger partial charge in [-0.1, -0.05) is 6.07 Å². The number of ether oxygens (including phenoxy) is 3. The van der Waals surface area contributed by atoms with Crippen LogP contribution in [0.5, 0.6) is 11.5 Å². The highest BCUT2D eigenvalue weighted by Gasteiger charge is 2.10. The second-order valence-electron chi connectivity index (χ2n) is 3.45. The van der Waals surface area contributed by atoms with E-state index >= 15 is 0 Å². The number of aliphatic hydroxyl groups excluding tert-OH is 1. The van der Waals surface area contributed by atoms with Crippen LogP contribution in [0.4, 0.5) is 0 Å². The standard InChI is InChI=1S/C12H16O5/c1-8(13)9-4-5-10(11(6-9)15-2)17-7-12(14)16-3/h4-6,8,13H,7H2,1-3H3/t8-/m0/s1. The van der Waals surface area contributed by atoms with Crippen LogP contribution in [0, 0.1) is 0 Å². The molecule has 94 valence electrons. The van der Waals surface area contributed by atoms with Crippen LogP contribution in [-0.4, -0.2) is 31.9 Å². The molecule has 0 fully saturated rings. The minimum Gasteiger partial charge on any atom is -0.493 e. The summed E-state index contributed by atoms with van der Waals surface area (Å²) >= 11 is 0. The van der Waals surface area contributed by atoms with Crippen LogP contribution in [0.15, 0.2) is 18.2 Å². The van der Waals surface area contributed by atoms with Gasteiger partial charge in [-0.05, 0) is 24.6 Å². The summed E-state index contributed by atoms with van der Waals surface area (Å²) in [5.41, 5.74) is 0.715. The third kappa shape index (κ3) is 3.64. The van der Waals surface area contributed by atoms with Crippen molar-refractivity contribution in [2.75, 3.05) is 20.8 Å². The topological polar surface area (TPSA) is 65.0 Å². The zero-order chi connectivity index (χ0) is 12.8. The van der Waals surface area contributed by atoms with Gasteiger partial charge < -0.3 is 19.3 Å². The van der Waals surface area contributed by atoms with Gasteiger partial charge in [0.25, 0.3) is 0 Å². The van der Waals surface area contributed by atoms with Crippen molar-refractivity contribution in [3.05, 3.63) is 23.8 Å². The molecule has 0 aliphatic rings. The molecule has 0 aromatic heterocycles. The van der Waals surface area contributed by atoms with Crippen molar-refractivity contribution in [2.45, 2.75) is 13.0 Å². The van der Waals surface area contributed by atoms with E-state index < -0.39 is 12.1 Å². The largest absolute Gasteiger partial charge is 0.493 e. The predicted molar refractivity (Wildman–Crippen MR) is 61.1 cm³/mol. The molecule has 0 heterocycles. The molecule has 0 bridgehead atoms. The van der Waals surface area contributed by atoms with Crippen LogP contribution in [0.3, 0.4) is 0 Å². The van der Waals surface area contributed by atoms with Gasteiger partial charge in [-0.15, -0.1) is 0 Å². The molecule has 1 aromatic carbocycles.